The van der Waals surface area contributed by atoms with Gasteiger partial charge in [0.2, 0.25) is 0 Å². The summed E-state index contributed by atoms with van der Waals surface area (Å²) in [6.07, 6.45) is 6.20. The zero-order valence-corrected chi connectivity index (χ0v) is 8.27. The second-order valence-corrected chi connectivity index (χ2v) is 3.40. The molecule has 0 radical (unpaired) electrons. The standard InChI is InChI=1S/C13H13N/c1-11-8-9-12(2)14(10-11)13-6-4-3-5-7-13/h3-10H,2H2,1H3. The molecule has 1 aliphatic heterocycles. The lowest BCUT2D eigenvalue weighted by atomic mass is 10.2. The van der Waals surface area contributed by atoms with Crippen molar-refractivity contribution < 1.29 is 0 Å². The summed E-state index contributed by atoms with van der Waals surface area (Å²) in [6.45, 7) is 6.08. The Morgan fingerprint density at radius 3 is 2.50 bits per heavy atom. The predicted octanol–water partition coefficient (Wildman–Crippen LogP) is 3.48. The van der Waals surface area contributed by atoms with Gasteiger partial charge in [0, 0.05) is 17.6 Å². The van der Waals surface area contributed by atoms with Gasteiger partial charge in [0.05, 0.1) is 0 Å². The van der Waals surface area contributed by atoms with Gasteiger partial charge in [-0.2, -0.15) is 0 Å². The van der Waals surface area contributed by atoms with Gasteiger partial charge < -0.3 is 4.90 Å². The summed E-state index contributed by atoms with van der Waals surface area (Å²) < 4.78 is 0. The second kappa shape index (κ2) is 3.54. The number of benzene rings is 1. The van der Waals surface area contributed by atoms with Crippen molar-refractivity contribution in [3.8, 4) is 0 Å². The molecule has 70 valence electrons. The van der Waals surface area contributed by atoms with Gasteiger partial charge in [0.15, 0.2) is 0 Å². The lowest BCUT2D eigenvalue weighted by Gasteiger charge is -2.24. The fraction of sp³-hybridized carbons (Fsp3) is 0.0769. The maximum absolute atomic E-state index is 4.00. The molecule has 0 spiro atoms. The lowest BCUT2D eigenvalue weighted by Crippen LogP contribution is -2.15. The molecule has 0 bridgehead atoms. The fourth-order valence-corrected chi connectivity index (χ4v) is 1.47. The number of allylic oxidation sites excluding steroid dienone is 3. The molecule has 1 aromatic rings. The van der Waals surface area contributed by atoms with Crippen LogP contribution in [-0.4, -0.2) is 0 Å². The SMILES string of the molecule is C=C1C=CC(C)=CN1c1ccccc1. The Bertz CT molecular complexity index is 399. The summed E-state index contributed by atoms with van der Waals surface area (Å²) in [7, 11) is 0. The molecule has 0 atom stereocenters. The smallest absolute Gasteiger partial charge is 0.0455 e. The summed E-state index contributed by atoms with van der Waals surface area (Å²) in [5.74, 6) is 0. The van der Waals surface area contributed by atoms with Gasteiger partial charge in [0.1, 0.15) is 0 Å². The highest BCUT2D eigenvalue weighted by Gasteiger charge is 2.07. The van der Waals surface area contributed by atoms with Crippen LogP contribution in [0.4, 0.5) is 5.69 Å². The molecule has 1 nitrogen and oxygen atoms in total. The molecule has 0 aliphatic carbocycles. The van der Waals surface area contributed by atoms with Crippen LogP contribution in [0.2, 0.25) is 0 Å². The molecule has 0 saturated carbocycles. The monoisotopic (exact) mass is 183 g/mol. The van der Waals surface area contributed by atoms with Crippen molar-refractivity contribution in [1.29, 1.82) is 0 Å². The molecule has 0 saturated heterocycles. The van der Waals surface area contributed by atoms with Gasteiger partial charge >= 0.3 is 0 Å². The third-order valence-electron chi connectivity index (χ3n) is 2.22. The third-order valence-corrected chi connectivity index (χ3v) is 2.22. The van der Waals surface area contributed by atoms with E-state index in [4.69, 9.17) is 0 Å². The van der Waals surface area contributed by atoms with Crippen LogP contribution in [-0.2, 0) is 0 Å². The zero-order valence-electron chi connectivity index (χ0n) is 8.27. The number of nitrogens with zero attached hydrogens (tertiary/aromatic N) is 1. The van der Waals surface area contributed by atoms with E-state index in [0.717, 1.165) is 11.4 Å². The molecule has 0 N–H and O–H groups in total. The molecule has 14 heavy (non-hydrogen) atoms. The maximum Gasteiger partial charge on any atom is 0.0455 e. The van der Waals surface area contributed by atoms with E-state index in [2.05, 4.69) is 42.8 Å². The summed E-state index contributed by atoms with van der Waals surface area (Å²) in [5.41, 5.74) is 3.39. The Balaban J connectivity index is 2.36. The predicted molar refractivity (Wildman–Crippen MR) is 61.0 cm³/mol. The van der Waals surface area contributed by atoms with Gasteiger partial charge in [-0.05, 0) is 30.7 Å². The van der Waals surface area contributed by atoms with Crippen molar-refractivity contribution in [2.45, 2.75) is 6.92 Å². The van der Waals surface area contributed by atoms with Crippen LogP contribution in [0.25, 0.3) is 0 Å². The maximum atomic E-state index is 4.00. The quantitative estimate of drug-likeness (QED) is 0.644. The van der Waals surface area contributed by atoms with E-state index in [0.29, 0.717) is 0 Å². The molecule has 1 aliphatic rings. The highest BCUT2D eigenvalue weighted by atomic mass is 15.1. The molecule has 2 rings (SSSR count). The topological polar surface area (TPSA) is 3.24 Å². The molecule has 0 amide bonds. The Morgan fingerprint density at radius 2 is 1.79 bits per heavy atom. The first-order chi connectivity index (χ1) is 6.77. The van der Waals surface area contributed by atoms with E-state index in [-0.39, 0.29) is 0 Å². The molecule has 0 fully saturated rings. The first-order valence-electron chi connectivity index (χ1n) is 4.67. The van der Waals surface area contributed by atoms with Crippen molar-refractivity contribution in [2.75, 3.05) is 4.90 Å². The normalized spacial score (nSPS) is 15.6. The molecular formula is C13H13N. The summed E-state index contributed by atoms with van der Waals surface area (Å²) in [6, 6.07) is 10.2. The number of hydrogen-bond donors (Lipinski definition) is 0. The van der Waals surface area contributed by atoms with Crippen molar-refractivity contribution in [3.63, 3.8) is 0 Å². The average Bonchev–Trinajstić information content (AvgIpc) is 2.23. The largest absolute Gasteiger partial charge is 0.318 e. The van der Waals surface area contributed by atoms with Crippen molar-refractivity contribution >= 4 is 5.69 Å². The highest BCUT2D eigenvalue weighted by molar-refractivity contribution is 5.60. The fourth-order valence-electron chi connectivity index (χ4n) is 1.47. The minimum absolute atomic E-state index is 1.00. The van der Waals surface area contributed by atoms with Crippen LogP contribution in [0.3, 0.4) is 0 Å². The summed E-state index contributed by atoms with van der Waals surface area (Å²) in [4.78, 5) is 2.09. The number of rotatable bonds is 1. The van der Waals surface area contributed by atoms with Gasteiger partial charge in [-0.15, -0.1) is 0 Å². The van der Waals surface area contributed by atoms with Crippen molar-refractivity contribution in [3.05, 3.63) is 66.5 Å². The van der Waals surface area contributed by atoms with Crippen molar-refractivity contribution in [2.24, 2.45) is 0 Å². The first-order valence-corrected chi connectivity index (χ1v) is 4.67. The van der Waals surface area contributed by atoms with Gasteiger partial charge in [-0.3, -0.25) is 0 Å². The minimum Gasteiger partial charge on any atom is -0.318 e. The van der Waals surface area contributed by atoms with Crippen LogP contribution in [0.1, 0.15) is 6.92 Å². The first kappa shape index (κ1) is 8.82. The Kier molecular flexibility index (Phi) is 2.23. The number of para-hydroxylation sites is 1. The molecule has 1 heterocycles. The Morgan fingerprint density at radius 1 is 1.07 bits per heavy atom. The van der Waals surface area contributed by atoms with Gasteiger partial charge in [0.25, 0.3) is 0 Å². The van der Waals surface area contributed by atoms with E-state index < -0.39 is 0 Å². The average molecular weight is 183 g/mol. The van der Waals surface area contributed by atoms with Crippen LogP contribution < -0.4 is 4.90 Å². The third kappa shape index (κ3) is 1.62. The second-order valence-electron chi connectivity index (χ2n) is 3.40. The van der Waals surface area contributed by atoms with E-state index in [9.17, 15) is 0 Å². The van der Waals surface area contributed by atoms with Crippen LogP contribution in [0, 0.1) is 0 Å². The zero-order chi connectivity index (χ0) is 9.97. The summed E-state index contributed by atoms with van der Waals surface area (Å²) in [5, 5.41) is 0. The highest BCUT2D eigenvalue weighted by Crippen LogP contribution is 2.23. The van der Waals surface area contributed by atoms with E-state index in [1.165, 1.54) is 5.57 Å². The molecular weight excluding hydrogens is 170 g/mol. The van der Waals surface area contributed by atoms with Gasteiger partial charge in [-0.25, -0.2) is 0 Å². The van der Waals surface area contributed by atoms with Crippen LogP contribution in [0.15, 0.2) is 66.5 Å². The molecule has 0 unspecified atom stereocenters. The minimum atomic E-state index is 1.00. The lowest BCUT2D eigenvalue weighted by molar-refractivity contribution is 1.17. The van der Waals surface area contributed by atoms with E-state index in [1.54, 1.807) is 0 Å². The molecule has 1 heteroatoms. The Labute approximate surface area is 84.7 Å². The number of anilines is 1. The van der Waals surface area contributed by atoms with E-state index >= 15 is 0 Å². The van der Waals surface area contributed by atoms with Crippen LogP contribution in [0.5, 0.6) is 0 Å². The summed E-state index contributed by atoms with van der Waals surface area (Å²) >= 11 is 0. The Hall–Kier alpha value is -1.76. The molecule has 1 aromatic carbocycles. The molecule has 0 aromatic heterocycles. The van der Waals surface area contributed by atoms with Crippen molar-refractivity contribution in [1.82, 2.24) is 0 Å². The van der Waals surface area contributed by atoms with Crippen LogP contribution >= 0.6 is 0 Å². The number of hydrogen-bond acceptors (Lipinski definition) is 1. The van der Waals surface area contributed by atoms with E-state index in [1.807, 2.05) is 24.3 Å². The van der Waals surface area contributed by atoms with Gasteiger partial charge in [-0.1, -0.05) is 30.9 Å².